The van der Waals surface area contributed by atoms with E-state index in [0.717, 1.165) is 59.7 Å². The standard InChI is InChI=1S/C25H18F2N4O2S2/c26-13-9-10-18(16(27)11-13)31-24(33)14-5-1-3-7-17(14)28-25(31)34-12-20-29-22(32)21-15-6-2-4-8-19(15)35-23(21)30-20/h1,3,5,7,9-11H,2,4,6,8,12H2,(H,29,30,32). The molecule has 6 nitrogen and oxygen atoms in total. The Hall–Kier alpha value is -3.37. The summed E-state index contributed by atoms with van der Waals surface area (Å²) in [6.07, 6.45) is 4.05. The molecule has 2 aromatic carbocycles. The summed E-state index contributed by atoms with van der Waals surface area (Å²) in [4.78, 5) is 40.3. The van der Waals surface area contributed by atoms with Crippen molar-refractivity contribution < 1.29 is 8.78 Å². The third-order valence-electron chi connectivity index (χ3n) is 6.11. The number of benzene rings is 2. The van der Waals surface area contributed by atoms with Crippen molar-refractivity contribution in [1.29, 1.82) is 0 Å². The maximum Gasteiger partial charge on any atom is 0.266 e. The van der Waals surface area contributed by atoms with Crippen LogP contribution in [0, 0.1) is 11.6 Å². The molecule has 0 radical (unpaired) electrons. The molecule has 10 heteroatoms. The van der Waals surface area contributed by atoms with Crippen LogP contribution in [0.3, 0.4) is 0 Å². The van der Waals surface area contributed by atoms with Gasteiger partial charge in [0, 0.05) is 10.9 Å². The predicted octanol–water partition coefficient (Wildman–Crippen LogP) is 5.13. The molecule has 5 aromatic rings. The third-order valence-corrected chi connectivity index (χ3v) is 8.24. The molecular weight excluding hydrogens is 490 g/mol. The van der Waals surface area contributed by atoms with E-state index >= 15 is 0 Å². The quantitative estimate of drug-likeness (QED) is 0.269. The van der Waals surface area contributed by atoms with Gasteiger partial charge >= 0.3 is 0 Å². The Morgan fingerprint density at radius 3 is 2.74 bits per heavy atom. The van der Waals surface area contributed by atoms with Crippen LogP contribution in [0.2, 0.25) is 0 Å². The second kappa shape index (κ2) is 8.69. The SMILES string of the molecule is O=c1[nH]c(CSc2nc3ccccc3c(=O)n2-c2ccc(F)cc2F)nc2sc3c(c12)CCCC3. The highest BCUT2D eigenvalue weighted by Crippen LogP contribution is 2.34. The zero-order valence-corrected chi connectivity index (χ0v) is 19.9. The van der Waals surface area contributed by atoms with Crippen LogP contribution in [0.25, 0.3) is 26.8 Å². The fourth-order valence-electron chi connectivity index (χ4n) is 4.49. The highest BCUT2D eigenvalue weighted by molar-refractivity contribution is 7.98. The van der Waals surface area contributed by atoms with Crippen molar-refractivity contribution in [1.82, 2.24) is 19.5 Å². The van der Waals surface area contributed by atoms with Gasteiger partial charge in [0.15, 0.2) is 5.16 Å². The highest BCUT2D eigenvalue weighted by atomic mass is 32.2. The number of aromatic amines is 1. The molecule has 1 aliphatic rings. The predicted molar refractivity (Wildman–Crippen MR) is 134 cm³/mol. The van der Waals surface area contributed by atoms with Crippen LogP contribution in [-0.4, -0.2) is 19.5 Å². The number of halogens is 2. The van der Waals surface area contributed by atoms with Gasteiger partial charge in [0.2, 0.25) is 0 Å². The van der Waals surface area contributed by atoms with E-state index in [4.69, 9.17) is 0 Å². The average Bonchev–Trinajstić information content (AvgIpc) is 3.22. The summed E-state index contributed by atoms with van der Waals surface area (Å²) < 4.78 is 29.4. The van der Waals surface area contributed by atoms with Crippen LogP contribution in [-0.2, 0) is 18.6 Å². The normalized spacial score (nSPS) is 13.4. The fourth-order valence-corrected chi connectivity index (χ4v) is 6.65. The zero-order valence-electron chi connectivity index (χ0n) is 18.3. The van der Waals surface area contributed by atoms with Crippen molar-refractivity contribution in [2.75, 3.05) is 0 Å². The van der Waals surface area contributed by atoms with Crippen molar-refractivity contribution >= 4 is 44.2 Å². The van der Waals surface area contributed by atoms with Crippen LogP contribution < -0.4 is 11.1 Å². The molecule has 0 saturated carbocycles. The molecule has 0 atom stereocenters. The first-order valence-electron chi connectivity index (χ1n) is 11.1. The van der Waals surface area contributed by atoms with Gasteiger partial charge in [-0.05, 0) is 55.5 Å². The molecule has 0 saturated heterocycles. The first-order chi connectivity index (χ1) is 17.0. The molecule has 0 amide bonds. The van der Waals surface area contributed by atoms with E-state index in [1.54, 1.807) is 35.6 Å². The number of aryl methyl sites for hydroxylation is 2. The Morgan fingerprint density at radius 1 is 1.06 bits per heavy atom. The Morgan fingerprint density at radius 2 is 1.89 bits per heavy atom. The molecule has 0 fully saturated rings. The Bertz CT molecular complexity index is 1740. The highest BCUT2D eigenvalue weighted by Gasteiger charge is 2.21. The lowest BCUT2D eigenvalue weighted by Crippen LogP contribution is -2.23. The number of hydrogen-bond donors (Lipinski definition) is 1. The first-order valence-corrected chi connectivity index (χ1v) is 12.9. The molecule has 0 aliphatic heterocycles. The maximum absolute atomic E-state index is 14.7. The lowest BCUT2D eigenvalue weighted by atomic mass is 9.97. The van der Waals surface area contributed by atoms with Gasteiger partial charge < -0.3 is 4.98 Å². The summed E-state index contributed by atoms with van der Waals surface area (Å²) in [5.41, 5.74) is 0.840. The monoisotopic (exact) mass is 508 g/mol. The number of rotatable bonds is 4. The lowest BCUT2D eigenvalue weighted by molar-refractivity contribution is 0.572. The molecule has 35 heavy (non-hydrogen) atoms. The smallest absolute Gasteiger partial charge is 0.266 e. The van der Waals surface area contributed by atoms with Crippen molar-refractivity contribution in [3.63, 3.8) is 0 Å². The zero-order chi connectivity index (χ0) is 24.1. The van der Waals surface area contributed by atoms with Gasteiger partial charge in [-0.2, -0.15) is 0 Å². The van der Waals surface area contributed by atoms with Gasteiger partial charge in [-0.15, -0.1) is 11.3 Å². The number of fused-ring (bicyclic) bond motifs is 4. The third kappa shape index (κ3) is 3.86. The molecule has 3 aromatic heterocycles. The summed E-state index contributed by atoms with van der Waals surface area (Å²) in [5.74, 6) is -0.958. The molecule has 3 heterocycles. The Balaban J connectivity index is 1.44. The summed E-state index contributed by atoms with van der Waals surface area (Å²) in [6.45, 7) is 0. The van der Waals surface area contributed by atoms with Crippen molar-refractivity contribution in [3.8, 4) is 5.69 Å². The number of nitrogens with one attached hydrogen (secondary N) is 1. The van der Waals surface area contributed by atoms with Gasteiger partial charge in [0.05, 0.1) is 27.7 Å². The number of para-hydroxylation sites is 1. The number of thiophene rings is 1. The van der Waals surface area contributed by atoms with Crippen LogP contribution in [0.5, 0.6) is 0 Å². The maximum atomic E-state index is 14.7. The van der Waals surface area contributed by atoms with Crippen molar-refractivity contribution in [2.24, 2.45) is 0 Å². The van der Waals surface area contributed by atoms with Gasteiger partial charge in [0.1, 0.15) is 22.3 Å². The van der Waals surface area contributed by atoms with Crippen LogP contribution in [0.1, 0.15) is 29.1 Å². The lowest BCUT2D eigenvalue weighted by Gasteiger charge is -2.14. The molecule has 1 N–H and O–H groups in total. The Labute approximate surface area is 205 Å². The second-order valence-electron chi connectivity index (χ2n) is 8.34. The molecule has 6 rings (SSSR count). The molecule has 0 bridgehead atoms. The van der Waals surface area contributed by atoms with Crippen molar-refractivity contribution in [3.05, 3.63) is 91.1 Å². The summed E-state index contributed by atoms with van der Waals surface area (Å²) >= 11 is 2.71. The van der Waals surface area contributed by atoms with E-state index in [0.29, 0.717) is 26.9 Å². The van der Waals surface area contributed by atoms with Gasteiger partial charge in [-0.1, -0.05) is 23.9 Å². The minimum Gasteiger partial charge on any atom is -0.309 e. The minimum absolute atomic E-state index is 0.0972. The van der Waals surface area contributed by atoms with E-state index in [-0.39, 0.29) is 22.2 Å². The van der Waals surface area contributed by atoms with E-state index < -0.39 is 17.2 Å². The van der Waals surface area contributed by atoms with E-state index in [9.17, 15) is 18.4 Å². The van der Waals surface area contributed by atoms with Gasteiger partial charge in [-0.3, -0.25) is 14.2 Å². The summed E-state index contributed by atoms with van der Waals surface area (Å²) in [6, 6.07) is 9.83. The topological polar surface area (TPSA) is 80.6 Å². The number of nitrogens with zero attached hydrogens (tertiary/aromatic N) is 3. The molecule has 1 aliphatic carbocycles. The average molecular weight is 509 g/mol. The summed E-state index contributed by atoms with van der Waals surface area (Å²) in [5, 5.41) is 1.21. The Kier molecular flexibility index (Phi) is 5.49. The van der Waals surface area contributed by atoms with Crippen molar-refractivity contribution in [2.45, 2.75) is 36.6 Å². The van der Waals surface area contributed by atoms with E-state index in [2.05, 4.69) is 15.0 Å². The number of aromatic nitrogens is 4. The number of hydrogen-bond acceptors (Lipinski definition) is 6. The second-order valence-corrected chi connectivity index (χ2v) is 10.4. The fraction of sp³-hybridized carbons (Fsp3) is 0.200. The molecule has 0 unspecified atom stereocenters. The number of thioether (sulfide) groups is 1. The van der Waals surface area contributed by atoms with Crippen LogP contribution in [0.15, 0.2) is 57.2 Å². The molecule has 176 valence electrons. The van der Waals surface area contributed by atoms with E-state index in [1.165, 1.54) is 10.9 Å². The largest absolute Gasteiger partial charge is 0.309 e. The first kappa shape index (κ1) is 22.1. The number of H-pyrrole nitrogens is 1. The van der Waals surface area contributed by atoms with Gasteiger partial charge in [-0.25, -0.2) is 18.7 Å². The summed E-state index contributed by atoms with van der Waals surface area (Å²) in [7, 11) is 0. The molecule has 0 spiro atoms. The van der Waals surface area contributed by atoms with E-state index in [1.807, 2.05) is 0 Å². The minimum atomic E-state index is -0.872. The van der Waals surface area contributed by atoms with Gasteiger partial charge in [0.25, 0.3) is 11.1 Å². The van der Waals surface area contributed by atoms with Crippen LogP contribution in [0.4, 0.5) is 8.78 Å². The molecular formula is C25H18F2N4O2S2. The van der Waals surface area contributed by atoms with Crippen LogP contribution >= 0.6 is 23.1 Å².